The number of alkyl halides is 1. The van der Waals surface area contributed by atoms with Crippen molar-refractivity contribution in [1.29, 1.82) is 0 Å². The number of hydrogen-bond donors (Lipinski definition) is 0. The molecule has 1 aromatic carbocycles. The molecule has 4 heteroatoms. The van der Waals surface area contributed by atoms with Crippen LogP contribution in [0.15, 0.2) is 18.2 Å². The number of aryl methyl sites for hydroxylation is 2. The fourth-order valence-electron chi connectivity index (χ4n) is 2.16. The van der Waals surface area contributed by atoms with Gasteiger partial charge in [0.05, 0.1) is 0 Å². The molecule has 1 atom stereocenters. The van der Waals surface area contributed by atoms with Gasteiger partial charge in [-0.15, -0.1) is 23.4 Å². The first-order valence-corrected chi connectivity index (χ1v) is 7.26. The smallest absolute Gasteiger partial charge is 0.238 e. The van der Waals surface area contributed by atoms with E-state index in [2.05, 4.69) is 32.0 Å². The van der Waals surface area contributed by atoms with E-state index in [0.29, 0.717) is 0 Å². The van der Waals surface area contributed by atoms with Crippen molar-refractivity contribution in [2.45, 2.75) is 19.2 Å². The van der Waals surface area contributed by atoms with E-state index in [4.69, 9.17) is 11.6 Å². The number of halogens is 1. The Kier molecular flexibility index (Phi) is 4.00. The van der Waals surface area contributed by atoms with Gasteiger partial charge in [0.2, 0.25) is 5.91 Å². The molecule has 17 heavy (non-hydrogen) atoms. The van der Waals surface area contributed by atoms with Crippen LogP contribution in [0.3, 0.4) is 0 Å². The molecule has 92 valence electrons. The summed E-state index contributed by atoms with van der Waals surface area (Å²) in [6.45, 7) is 4.99. The fourth-order valence-corrected chi connectivity index (χ4v) is 3.69. The third-order valence-corrected chi connectivity index (χ3v) is 4.49. The Morgan fingerprint density at radius 2 is 2.29 bits per heavy atom. The van der Waals surface area contributed by atoms with Crippen LogP contribution in [0.1, 0.15) is 22.1 Å². The molecule has 1 aliphatic rings. The monoisotopic (exact) mass is 269 g/mol. The number of benzene rings is 1. The quantitative estimate of drug-likeness (QED) is 0.769. The highest BCUT2D eigenvalue weighted by Crippen LogP contribution is 2.39. The summed E-state index contributed by atoms with van der Waals surface area (Å²) < 4.78 is 0. The van der Waals surface area contributed by atoms with Crippen LogP contribution in [0.2, 0.25) is 0 Å². The second-order valence-corrected chi connectivity index (χ2v) is 5.76. The predicted octanol–water partition coefficient (Wildman–Crippen LogP) is 3.12. The Labute approximate surface area is 111 Å². The van der Waals surface area contributed by atoms with Crippen molar-refractivity contribution >= 4 is 29.3 Å². The van der Waals surface area contributed by atoms with Crippen molar-refractivity contribution in [2.24, 2.45) is 0 Å². The molecule has 1 unspecified atom stereocenters. The number of thioether (sulfide) groups is 1. The lowest BCUT2D eigenvalue weighted by atomic mass is 10.1. The molecule has 0 radical (unpaired) electrons. The highest BCUT2D eigenvalue weighted by Gasteiger charge is 2.30. The normalized spacial score (nSPS) is 19.7. The molecule has 0 aromatic heterocycles. The van der Waals surface area contributed by atoms with Crippen molar-refractivity contribution < 1.29 is 4.79 Å². The third kappa shape index (κ3) is 2.61. The van der Waals surface area contributed by atoms with Gasteiger partial charge in [-0.05, 0) is 25.0 Å². The molecule has 1 amide bonds. The fraction of sp³-hybridized carbons (Fsp3) is 0.462. The lowest BCUT2D eigenvalue weighted by Gasteiger charge is -2.24. The van der Waals surface area contributed by atoms with Gasteiger partial charge in [0.25, 0.3) is 0 Å². The van der Waals surface area contributed by atoms with Crippen molar-refractivity contribution in [2.75, 3.05) is 18.2 Å². The molecule has 2 rings (SSSR count). The summed E-state index contributed by atoms with van der Waals surface area (Å²) in [5, 5.41) is 0.141. The Morgan fingerprint density at radius 1 is 1.53 bits per heavy atom. The second-order valence-electron chi connectivity index (χ2n) is 4.30. The number of nitrogens with zero attached hydrogens (tertiary/aromatic N) is 1. The molecule has 0 aliphatic carbocycles. The average molecular weight is 270 g/mol. The lowest BCUT2D eigenvalue weighted by molar-refractivity contribution is -0.128. The minimum atomic E-state index is 0.0293. The SMILES string of the molecule is Cc1ccc(C2SCCN2C(=O)CCl)c(C)c1. The maximum atomic E-state index is 11.8. The van der Waals surface area contributed by atoms with Crippen molar-refractivity contribution in [1.82, 2.24) is 4.90 Å². The first-order chi connectivity index (χ1) is 8.13. The molecule has 0 bridgehead atoms. The molecule has 0 N–H and O–H groups in total. The van der Waals surface area contributed by atoms with Gasteiger partial charge in [-0.3, -0.25) is 4.79 Å². The van der Waals surface area contributed by atoms with Gasteiger partial charge in [-0.25, -0.2) is 0 Å². The van der Waals surface area contributed by atoms with Crippen LogP contribution in [0.4, 0.5) is 0 Å². The summed E-state index contributed by atoms with van der Waals surface area (Å²) in [5.74, 6) is 1.09. The molecule has 1 fully saturated rings. The molecule has 2 nitrogen and oxygen atoms in total. The summed E-state index contributed by atoms with van der Waals surface area (Å²) in [5.41, 5.74) is 3.73. The van der Waals surface area contributed by atoms with Crippen molar-refractivity contribution in [3.8, 4) is 0 Å². The first-order valence-electron chi connectivity index (χ1n) is 5.67. The van der Waals surface area contributed by atoms with E-state index in [9.17, 15) is 4.79 Å². The molecule has 1 aliphatic heterocycles. The number of rotatable bonds is 2. The van der Waals surface area contributed by atoms with E-state index in [0.717, 1.165) is 12.3 Å². The van der Waals surface area contributed by atoms with E-state index in [1.165, 1.54) is 16.7 Å². The predicted molar refractivity (Wildman–Crippen MR) is 73.5 cm³/mol. The number of hydrogen-bond acceptors (Lipinski definition) is 2. The molecular formula is C13H16ClNOS. The zero-order chi connectivity index (χ0) is 12.4. The third-order valence-electron chi connectivity index (χ3n) is 3.02. The van der Waals surface area contributed by atoms with Gasteiger partial charge in [-0.2, -0.15) is 0 Å². The summed E-state index contributed by atoms with van der Waals surface area (Å²) in [4.78, 5) is 13.6. The Bertz CT molecular complexity index is 435. The molecule has 0 spiro atoms. The van der Waals surface area contributed by atoms with Crippen LogP contribution in [0.25, 0.3) is 0 Å². The largest absolute Gasteiger partial charge is 0.325 e. The van der Waals surface area contributed by atoms with Crippen LogP contribution in [-0.4, -0.2) is 29.0 Å². The van der Waals surface area contributed by atoms with E-state index in [1.54, 1.807) is 0 Å². The summed E-state index contributed by atoms with van der Waals surface area (Å²) in [6, 6.07) is 6.39. The number of carbonyl (C=O) groups is 1. The molecule has 0 saturated carbocycles. The minimum Gasteiger partial charge on any atom is -0.325 e. The van der Waals surface area contributed by atoms with Gasteiger partial charge < -0.3 is 4.90 Å². The highest BCUT2D eigenvalue weighted by molar-refractivity contribution is 7.99. The Hall–Kier alpha value is -0.670. The van der Waals surface area contributed by atoms with Gasteiger partial charge in [-0.1, -0.05) is 23.8 Å². The van der Waals surface area contributed by atoms with Crippen LogP contribution >= 0.6 is 23.4 Å². The topological polar surface area (TPSA) is 20.3 Å². The highest BCUT2D eigenvalue weighted by atomic mass is 35.5. The molecule has 1 saturated heterocycles. The number of amides is 1. The van der Waals surface area contributed by atoms with Crippen LogP contribution in [0.5, 0.6) is 0 Å². The van der Waals surface area contributed by atoms with Gasteiger partial charge in [0.1, 0.15) is 11.3 Å². The van der Waals surface area contributed by atoms with Gasteiger partial charge in [0.15, 0.2) is 0 Å². The Morgan fingerprint density at radius 3 is 2.94 bits per heavy atom. The van der Waals surface area contributed by atoms with Crippen LogP contribution in [-0.2, 0) is 4.79 Å². The van der Waals surface area contributed by atoms with E-state index < -0.39 is 0 Å². The van der Waals surface area contributed by atoms with Gasteiger partial charge >= 0.3 is 0 Å². The summed E-state index contributed by atoms with van der Waals surface area (Å²) in [6.07, 6.45) is 0. The van der Waals surface area contributed by atoms with E-state index in [-0.39, 0.29) is 17.2 Å². The molecule has 1 aromatic rings. The van der Waals surface area contributed by atoms with Crippen LogP contribution in [0, 0.1) is 13.8 Å². The van der Waals surface area contributed by atoms with E-state index in [1.807, 2.05) is 16.7 Å². The molecular weight excluding hydrogens is 254 g/mol. The van der Waals surface area contributed by atoms with Crippen molar-refractivity contribution in [3.05, 3.63) is 34.9 Å². The maximum Gasteiger partial charge on any atom is 0.238 e. The Balaban J connectivity index is 2.29. The summed E-state index contributed by atoms with van der Waals surface area (Å²) in [7, 11) is 0. The number of carbonyl (C=O) groups excluding carboxylic acids is 1. The summed E-state index contributed by atoms with van der Waals surface area (Å²) >= 11 is 7.46. The second kappa shape index (κ2) is 5.32. The lowest BCUT2D eigenvalue weighted by Crippen LogP contribution is -2.31. The standard InChI is InChI=1S/C13H16ClNOS/c1-9-3-4-11(10(2)7-9)13-15(5-6-17-13)12(16)8-14/h3-4,7,13H,5-6,8H2,1-2H3. The molecule has 1 heterocycles. The zero-order valence-electron chi connectivity index (χ0n) is 10.1. The average Bonchev–Trinajstić information content (AvgIpc) is 2.77. The minimum absolute atomic E-state index is 0.0293. The zero-order valence-corrected chi connectivity index (χ0v) is 11.6. The first kappa shape index (κ1) is 12.8. The van der Waals surface area contributed by atoms with Crippen LogP contribution < -0.4 is 0 Å². The van der Waals surface area contributed by atoms with E-state index >= 15 is 0 Å². The van der Waals surface area contributed by atoms with Gasteiger partial charge in [0, 0.05) is 12.3 Å². The maximum absolute atomic E-state index is 11.8. The van der Waals surface area contributed by atoms with Crippen molar-refractivity contribution in [3.63, 3.8) is 0 Å².